The molecule has 0 aromatic carbocycles. The van der Waals surface area contributed by atoms with Gasteiger partial charge in [0.1, 0.15) is 12.2 Å². The minimum Gasteiger partial charge on any atom is -0.378 e. The summed E-state index contributed by atoms with van der Waals surface area (Å²) >= 11 is 0. The third-order valence-corrected chi connectivity index (χ3v) is 4.27. The summed E-state index contributed by atoms with van der Waals surface area (Å²) in [6, 6.07) is 1.64. The first-order chi connectivity index (χ1) is 10.5. The molecule has 2 aliphatic heterocycles. The van der Waals surface area contributed by atoms with Gasteiger partial charge in [0.05, 0.1) is 31.7 Å². The van der Waals surface area contributed by atoms with Crippen LogP contribution in [0.3, 0.4) is 0 Å². The number of rotatable bonds is 4. The summed E-state index contributed by atoms with van der Waals surface area (Å²) in [6.45, 7) is 3.16. The molecule has 3 heterocycles. The predicted molar refractivity (Wildman–Crippen MR) is 78.0 cm³/mol. The van der Waals surface area contributed by atoms with Crippen molar-refractivity contribution in [1.29, 1.82) is 0 Å². The predicted octanol–water partition coefficient (Wildman–Crippen LogP) is -0.0515. The second-order valence-electron chi connectivity index (χ2n) is 5.57. The highest BCUT2D eigenvalue weighted by atomic mass is 32.2. The molecule has 3 rings (SSSR count). The lowest BCUT2D eigenvalue weighted by Gasteiger charge is -2.39. The van der Waals surface area contributed by atoms with Crippen LogP contribution in [0.25, 0.3) is 0 Å². The fourth-order valence-electron chi connectivity index (χ4n) is 2.63. The van der Waals surface area contributed by atoms with Gasteiger partial charge < -0.3 is 14.4 Å². The zero-order valence-corrected chi connectivity index (χ0v) is 13.2. The quantitative estimate of drug-likeness (QED) is 0.710. The number of morpholine rings is 1. The van der Waals surface area contributed by atoms with Gasteiger partial charge in [-0.3, -0.25) is 4.18 Å². The molecule has 2 aliphatic rings. The normalized spacial score (nSPS) is 25.8. The summed E-state index contributed by atoms with van der Waals surface area (Å²) in [6.07, 6.45) is 3.48. The van der Waals surface area contributed by atoms with Gasteiger partial charge in [-0.15, -0.1) is 0 Å². The highest BCUT2D eigenvalue weighted by Crippen LogP contribution is 2.28. The molecule has 0 N–H and O–H groups in total. The van der Waals surface area contributed by atoms with Crippen LogP contribution in [0, 0.1) is 0 Å². The zero-order chi connectivity index (χ0) is 15.6. The highest BCUT2D eigenvalue weighted by Gasteiger charge is 2.41. The third kappa shape index (κ3) is 3.72. The molecular weight excluding hydrogens is 310 g/mol. The Morgan fingerprint density at radius 2 is 2.32 bits per heavy atom. The van der Waals surface area contributed by atoms with Gasteiger partial charge in [0, 0.05) is 25.8 Å². The number of nitrogens with zero attached hydrogens (tertiary/aromatic N) is 3. The molecule has 1 aromatic rings. The topological polar surface area (TPSA) is 90.9 Å². The largest absolute Gasteiger partial charge is 0.378 e. The first-order valence-corrected chi connectivity index (χ1v) is 8.90. The second-order valence-corrected chi connectivity index (χ2v) is 7.21. The Kier molecular flexibility index (Phi) is 4.31. The van der Waals surface area contributed by atoms with E-state index in [1.807, 2.05) is 4.90 Å². The molecule has 1 unspecified atom stereocenters. The van der Waals surface area contributed by atoms with Crippen LogP contribution in [-0.4, -0.2) is 63.2 Å². The number of hydrogen-bond acceptors (Lipinski definition) is 8. The monoisotopic (exact) mass is 329 g/mol. The Morgan fingerprint density at radius 3 is 3.05 bits per heavy atom. The fourth-order valence-corrected chi connectivity index (χ4v) is 2.96. The van der Waals surface area contributed by atoms with Crippen LogP contribution in [0.1, 0.15) is 12.1 Å². The van der Waals surface area contributed by atoms with Gasteiger partial charge in [-0.2, -0.15) is 8.42 Å². The molecule has 8 nitrogen and oxygen atoms in total. The maximum Gasteiger partial charge on any atom is 0.264 e. The average Bonchev–Trinajstić information content (AvgIpc) is 2.93. The summed E-state index contributed by atoms with van der Waals surface area (Å²) in [5, 5.41) is 0. The summed E-state index contributed by atoms with van der Waals surface area (Å²) in [5.41, 5.74) is 0.250. The Balaban J connectivity index is 1.71. The standard InChI is InChI=1S/C13H19N3O5S/c1-22(17,18)21-8-11-2-4-14-12(15-11)16-5-7-20-13(9-16)3-6-19-10-13/h2,4H,3,5-10H2,1H3. The van der Waals surface area contributed by atoms with Crippen molar-refractivity contribution >= 4 is 16.1 Å². The summed E-state index contributed by atoms with van der Waals surface area (Å²) in [7, 11) is -3.49. The van der Waals surface area contributed by atoms with Crippen LogP contribution >= 0.6 is 0 Å². The van der Waals surface area contributed by atoms with E-state index in [2.05, 4.69) is 9.97 Å². The molecule has 0 saturated carbocycles. The fraction of sp³-hybridized carbons (Fsp3) is 0.692. The average molecular weight is 329 g/mol. The first kappa shape index (κ1) is 15.6. The van der Waals surface area contributed by atoms with E-state index in [9.17, 15) is 8.42 Å². The lowest BCUT2D eigenvalue weighted by atomic mass is 10.0. The van der Waals surface area contributed by atoms with Crippen LogP contribution in [0.2, 0.25) is 0 Å². The number of ether oxygens (including phenoxy) is 2. The van der Waals surface area contributed by atoms with E-state index in [0.717, 1.165) is 12.7 Å². The van der Waals surface area contributed by atoms with Gasteiger partial charge in [0.15, 0.2) is 0 Å². The smallest absolute Gasteiger partial charge is 0.264 e. The van der Waals surface area contributed by atoms with Crippen LogP contribution < -0.4 is 4.90 Å². The van der Waals surface area contributed by atoms with Crippen LogP contribution in [0.4, 0.5) is 5.95 Å². The molecule has 2 fully saturated rings. The van der Waals surface area contributed by atoms with Crippen LogP contribution in [0.5, 0.6) is 0 Å². The van der Waals surface area contributed by atoms with Crippen molar-refractivity contribution in [3.05, 3.63) is 18.0 Å². The Bertz CT molecular complexity index is 630. The van der Waals surface area contributed by atoms with E-state index in [0.29, 0.717) is 44.6 Å². The third-order valence-electron chi connectivity index (χ3n) is 3.72. The first-order valence-electron chi connectivity index (χ1n) is 7.09. The molecule has 9 heteroatoms. The molecule has 1 aromatic heterocycles. The lowest BCUT2D eigenvalue weighted by Crippen LogP contribution is -2.53. The molecule has 2 saturated heterocycles. The van der Waals surface area contributed by atoms with Gasteiger partial charge >= 0.3 is 0 Å². The zero-order valence-electron chi connectivity index (χ0n) is 12.4. The maximum absolute atomic E-state index is 11.1. The SMILES string of the molecule is CS(=O)(=O)OCc1ccnc(N2CCOC3(CCOC3)C2)n1. The van der Waals surface area contributed by atoms with Gasteiger partial charge in [0.25, 0.3) is 10.1 Å². The van der Waals surface area contributed by atoms with Crippen LogP contribution in [0.15, 0.2) is 12.3 Å². The maximum atomic E-state index is 11.1. The molecule has 0 amide bonds. The summed E-state index contributed by atoms with van der Waals surface area (Å²) < 4.78 is 38.2. The van der Waals surface area contributed by atoms with Gasteiger partial charge in [-0.25, -0.2) is 9.97 Å². The second kappa shape index (κ2) is 6.07. The lowest BCUT2D eigenvalue weighted by molar-refractivity contribution is -0.0583. The van der Waals surface area contributed by atoms with Gasteiger partial charge in [0.2, 0.25) is 5.95 Å². The van der Waals surface area contributed by atoms with E-state index in [1.54, 1.807) is 12.3 Å². The molecule has 0 radical (unpaired) electrons. The van der Waals surface area contributed by atoms with Crippen molar-refractivity contribution in [2.45, 2.75) is 18.6 Å². The van der Waals surface area contributed by atoms with E-state index in [4.69, 9.17) is 13.7 Å². The molecule has 1 spiro atoms. The Hall–Kier alpha value is -1.29. The van der Waals surface area contributed by atoms with E-state index in [-0.39, 0.29) is 12.2 Å². The number of aromatic nitrogens is 2. The van der Waals surface area contributed by atoms with Crippen molar-refractivity contribution in [3.8, 4) is 0 Å². The van der Waals surface area contributed by atoms with Crippen LogP contribution in [-0.2, 0) is 30.4 Å². The van der Waals surface area contributed by atoms with E-state index in [1.165, 1.54) is 0 Å². The molecular formula is C13H19N3O5S. The summed E-state index contributed by atoms with van der Waals surface area (Å²) in [5.74, 6) is 0.559. The molecule has 22 heavy (non-hydrogen) atoms. The molecule has 0 bridgehead atoms. The van der Waals surface area contributed by atoms with Crippen molar-refractivity contribution in [3.63, 3.8) is 0 Å². The summed E-state index contributed by atoms with van der Waals surface area (Å²) in [4.78, 5) is 10.7. The van der Waals surface area contributed by atoms with Crippen molar-refractivity contribution in [2.75, 3.05) is 44.1 Å². The number of anilines is 1. The van der Waals surface area contributed by atoms with Gasteiger partial charge in [-0.05, 0) is 6.07 Å². The van der Waals surface area contributed by atoms with Gasteiger partial charge in [-0.1, -0.05) is 0 Å². The van der Waals surface area contributed by atoms with Crippen molar-refractivity contribution in [2.24, 2.45) is 0 Å². The van der Waals surface area contributed by atoms with E-state index >= 15 is 0 Å². The minimum atomic E-state index is -3.49. The Morgan fingerprint density at radius 1 is 1.45 bits per heavy atom. The molecule has 122 valence electrons. The van der Waals surface area contributed by atoms with Crippen molar-refractivity contribution in [1.82, 2.24) is 9.97 Å². The highest BCUT2D eigenvalue weighted by molar-refractivity contribution is 7.85. The van der Waals surface area contributed by atoms with Crippen molar-refractivity contribution < 1.29 is 22.1 Å². The molecule has 1 atom stereocenters. The Labute approximate surface area is 129 Å². The minimum absolute atomic E-state index is 0.0903. The number of hydrogen-bond donors (Lipinski definition) is 0. The molecule has 0 aliphatic carbocycles. The van der Waals surface area contributed by atoms with E-state index < -0.39 is 10.1 Å².